The molecule has 0 bridgehead atoms. The summed E-state index contributed by atoms with van der Waals surface area (Å²) in [5.41, 5.74) is 17.6. The lowest BCUT2D eigenvalue weighted by Crippen LogP contribution is -2.61. The summed E-state index contributed by atoms with van der Waals surface area (Å²) in [5, 5.41) is 27.6. The van der Waals surface area contributed by atoms with Gasteiger partial charge in [0.15, 0.2) is 18.7 Å². The van der Waals surface area contributed by atoms with E-state index in [0.717, 1.165) is 20.8 Å². The van der Waals surface area contributed by atoms with Crippen molar-refractivity contribution in [3.8, 4) is 0 Å². The lowest BCUT2D eigenvalue weighted by Gasteiger charge is -2.43. The summed E-state index contributed by atoms with van der Waals surface area (Å²) in [6.07, 6.45) is -11.5. The number of rotatable bonds is 9. The van der Waals surface area contributed by atoms with Gasteiger partial charge >= 0.3 is 17.9 Å². The average Bonchev–Trinajstić information content (AvgIpc) is 3.03. The first kappa shape index (κ1) is 27.1. The molecular formula is C17H24N6O11. The van der Waals surface area contributed by atoms with Crippen molar-refractivity contribution >= 4 is 17.9 Å². The van der Waals surface area contributed by atoms with Crippen LogP contribution in [0.1, 0.15) is 20.8 Å². The Labute approximate surface area is 192 Å². The number of ether oxygens (including phenoxy) is 6. The van der Waals surface area contributed by atoms with Crippen molar-refractivity contribution in [1.29, 1.82) is 0 Å². The lowest BCUT2D eigenvalue weighted by atomic mass is 9.96. The monoisotopic (exact) mass is 488 g/mol. The van der Waals surface area contributed by atoms with Crippen LogP contribution in [0, 0.1) is 0 Å². The van der Waals surface area contributed by atoms with Crippen LogP contribution in [0.3, 0.4) is 0 Å². The van der Waals surface area contributed by atoms with E-state index in [9.17, 15) is 24.6 Å². The zero-order valence-electron chi connectivity index (χ0n) is 18.4. The Morgan fingerprint density at radius 2 is 1.56 bits per heavy atom. The molecule has 1 unspecified atom stereocenters. The largest absolute Gasteiger partial charge is 0.463 e. The molecule has 17 nitrogen and oxygen atoms in total. The molecule has 2 heterocycles. The maximum atomic E-state index is 11.6. The molecule has 0 saturated carbocycles. The number of hydrogen-bond donors (Lipinski definition) is 2. The Balaban J connectivity index is 2.40. The number of carbonyl (C=O) groups is 3. The Hall–Kier alpha value is -3.17. The first-order chi connectivity index (χ1) is 16.1. The highest BCUT2D eigenvalue weighted by Crippen LogP contribution is 2.33. The topological polar surface area (TPSA) is 245 Å². The first-order valence-corrected chi connectivity index (χ1v) is 9.94. The molecule has 0 aromatic carbocycles. The third-order valence-corrected chi connectivity index (χ3v) is 4.78. The normalized spacial score (nSPS) is 34.8. The van der Waals surface area contributed by atoms with Crippen LogP contribution in [-0.2, 0) is 42.8 Å². The molecule has 0 spiro atoms. The van der Waals surface area contributed by atoms with Crippen LogP contribution in [0.25, 0.3) is 20.9 Å². The number of aliphatic hydroxyl groups is 2. The number of azide groups is 2. The van der Waals surface area contributed by atoms with Gasteiger partial charge in [0.05, 0.1) is 12.6 Å². The van der Waals surface area contributed by atoms with E-state index in [1.54, 1.807) is 0 Å². The summed E-state index contributed by atoms with van der Waals surface area (Å²) >= 11 is 0. The molecule has 188 valence electrons. The molecular weight excluding hydrogens is 464 g/mol. The number of esters is 3. The molecule has 2 rings (SSSR count). The molecule has 2 aliphatic rings. The summed E-state index contributed by atoms with van der Waals surface area (Å²) < 4.78 is 31.8. The highest BCUT2D eigenvalue weighted by atomic mass is 16.7. The molecule has 34 heavy (non-hydrogen) atoms. The fourth-order valence-corrected chi connectivity index (χ4v) is 3.47. The highest BCUT2D eigenvalue weighted by molar-refractivity contribution is 5.67. The van der Waals surface area contributed by atoms with Crippen LogP contribution in [0.2, 0.25) is 0 Å². The van der Waals surface area contributed by atoms with E-state index >= 15 is 0 Å². The van der Waals surface area contributed by atoms with Crippen LogP contribution in [-0.4, -0.2) is 96.5 Å². The lowest BCUT2D eigenvalue weighted by molar-refractivity contribution is -0.282. The van der Waals surface area contributed by atoms with Gasteiger partial charge in [-0.2, -0.15) is 0 Å². The molecule has 2 fully saturated rings. The SMILES string of the molecule is CC(=O)OC[C@H]1O[C@@H](O)[C@H](OC(C)=O)[C@@H]1O[C@H]1O[C@@H](CN=[N+]=[N-])[C@@H](O)[C@H](OC(C)=O)C1N=[N+]=[N-]. The predicted molar refractivity (Wildman–Crippen MR) is 105 cm³/mol. The zero-order chi connectivity index (χ0) is 25.4. The summed E-state index contributed by atoms with van der Waals surface area (Å²) in [5.74, 6) is -2.28. The van der Waals surface area contributed by atoms with E-state index in [4.69, 9.17) is 39.5 Å². The van der Waals surface area contributed by atoms with Crippen LogP contribution in [0.15, 0.2) is 10.2 Å². The van der Waals surface area contributed by atoms with E-state index in [1.807, 2.05) is 0 Å². The van der Waals surface area contributed by atoms with Gasteiger partial charge in [0.2, 0.25) is 0 Å². The van der Waals surface area contributed by atoms with Gasteiger partial charge < -0.3 is 38.6 Å². The van der Waals surface area contributed by atoms with Gasteiger partial charge in [0.25, 0.3) is 0 Å². The molecule has 2 N–H and O–H groups in total. The van der Waals surface area contributed by atoms with E-state index in [0.29, 0.717) is 0 Å². The molecule has 2 saturated heterocycles. The molecule has 9 atom stereocenters. The van der Waals surface area contributed by atoms with Crippen molar-refractivity contribution in [3.63, 3.8) is 0 Å². The smallest absolute Gasteiger partial charge is 0.303 e. The van der Waals surface area contributed by atoms with E-state index in [1.165, 1.54) is 0 Å². The third-order valence-electron chi connectivity index (χ3n) is 4.78. The van der Waals surface area contributed by atoms with Gasteiger partial charge in [-0.1, -0.05) is 10.2 Å². The minimum absolute atomic E-state index is 0.410. The first-order valence-electron chi connectivity index (χ1n) is 9.94. The maximum absolute atomic E-state index is 11.6. The molecule has 17 heteroatoms. The third kappa shape index (κ3) is 6.91. The van der Waals surface area contributed by atoms with Crippen molar-refractivity contribution in [2.45, 2.75) is 76.0 Å². The average molecular weight is 488 g/mol. The highest BCUT2D eigenvalue weighted by Gasteiger charge is 2.53. The van der Waals surface area contributed by atoms with Crippen molar-refractivity contribution < 1.29 is 53.0 Å². The van der Waals surface area contributed by atoms with E-state index in [-0.39, 0.29) is 0 Å². The van der Waals surface area contributed by atoms with Crippen LogP contribution >= 0.6 is 0 Å². The zero-order valence-corrected chi connectivity index (χ0v) is 18.4. The summed E-state index contributed by atoms with van der Waals surface area (Å²) in [6, 6.07) is -1.46. The standard InChI is InChI=1S/C17H24N6O11/c1-6(24)29-5-10-13(15(16(28)32-10)31-8(3)26)34-17-11(21-23-19)14(30-7(2)25)12(27)9(33-17)4-20-22-18/h9-17,27-28H,4-5H2,1-3H3/t9-,10+,11?,12+,13+,14+,15+,16+,17+/m0/s1. The molecule has 0 aliphatic carbocycles. The summed E-state index contributed by atoms with van der Waals surface area (Å²) in [4.78, 5) is 39.6. The molecule has 0 aromatic rings. The Morgan fingerprint density at radius 1 is 0.912 bits per heavy atom. The Morgan fingerprint density at radius 3 is 2.12 bits per heavy atom. The Kier molecular flexibility index (Phi) is 9.83. The molecule has 0 radical (unpaired) electrons. The fourth-order valence-electron chi connectivity index (χ4n) is 3.47. The second-order valence-corrected chi connectivity index (χ2v) is 7.26. The predicted octanol–water partition coefficient (Wildman–Crippen LogP) is -0.410. The van der Waals surface area contributed by atoms with Gasteiger partial charge in [-0.15, -0.1) is 0 Å². The summed E-state index contributed by atoms with van der Waals surface area (Å²) in [6.45, 7) is 2.45. The van der Waals surface area contributed by atoms with Crippen molar-refractivity contribution in [2.24, 2.45) is 10.2 Å². The van der Waals surface area contributed by atoms with E-state index in [2.05, 4.69) is 20.1 Å². The Bertz CT molecular complexity index is 861. The van der Waals surface area contributed by atoms with Crippen molar-refractivity contribution in [3.05, 3.63) is 20.9 Å². The van der Waals surface area contributed by atoms with E-state index < -0.39 is 86.3 Å². The molecule has 0 aromatic heterocycles. The van der Waals surface area contributed by atoms with Gasteiger partial charge in [0, 0.05) is 30.6 Å². The maximum Gasteiger partial charge on any atom is 0.303 e. The molecule has 2 aliphatic heterocycles. The van der Waals surface area contributed by atoms with Crippen molar-refractivity contribution in [1.82, 2.24) is 0 Å². The second-order valence-electron chi connectivity index (χ2n) is 7.26. The molecule has 0 amide bonds. The number of hydrogen-bond acceptors (Lipinski definition) is 13. The second kappa shape index (κ2) is 12.3. The quantitative estimate of drug-likeness (QED) is 0.139. The number of nitrogens with zero attached hydrogens (tertiary/aromatic N) is 6. The van der Waals surface area contributed by atoms with Gasteiger partial charge in [-0.05, 0) is 11.1 Å². The number of aliphatic hydroxyl groups excluding tert-OH is 2. The van der Waals surface area contributed by atoms with Gasteiger partial charge in [-0.25, -0.2) is 0 Å². The van der Waals surface area contributed by atoms with Crippen LogP contribution < -0.4 is 0 Å². The minimum Gasteiger partial charge on any atom is -0.463 e. The van der Waals surface area contributed by atoms with Crippen LogP contribution in [0.4, 0.5) is 0 Å². The number of carbonyl (C=O) groups excluding carboxylic acids is 3. The fraction of sp³-hybridized carbons (Fsp3) is 0.824. The minimum atomic E-state index is -1.68. The van der Waals surface area contributed by atoms with Gasteiger partial charge in [-0.3, -0.25) is 14.4 Å². The van der Waals surface area contributed by atoms with Crippen LogP contribution in [0.5, 0.6) is 0 Å². The summed E-state index contributed by atoms with van der Waals surface area (Å²) in [7, 11) is 0. The van der Waals surface area contributed by atoms with Gasteiger partial charge in [0.1, 0.15) is 37.1 Å². The van der Waals surface area contributed by atoms with Crippen molar-refractivity contribution in [2.75, 3.05) is 13.2 Å².